The summed E-state index contributed by atoms with van der Waals surface area (Å²) in [5.74, 6) is 5.86. The molecule has 1 aliphatic rings. The van der Waals surface area contributed by atoms with Crippen LogP contribution in [-0.4, -0.2) is 41.0 Å². The number of piperidine rings is 1. The first-order chi connectivity index (χ1) is 10.8. The first kappa shape index (κ1) is 18.5. The smallest absolute Gasteiger partial charge is 0.103 e. The fourth-order valence-corrected chi connectivity index (χ4v) is 4.56. The molecule has 0 aliphatic carbocycles. The zero-order valence-corrected chi connectivity index (χ0v) is 14.9. The maximum absolute atomic E-state index is 10.0. The summed E-state index contributed by atoms with van der Waals surface area (Å²) in [6.07, 6.45) is 2.52. The van der Waals surface area contributed by atoms with Crippen molar-refractivity contribution in [1.29, 1.82) is 0 Å². The van der Waals surface area contributed by atoms with Crippen molar-refractivity contribution in [2.24, 2.45) is 11.6 Å². The van der Waals surface area contributed by atoms with Crippen LogP contribution in [0.3, 0.4) is 0 Å². The van der Waals surface area contributed by atoms with Crippen LogP contribution in [0.5, 0.6) is 0 Å². The standard InChI is InChI=1S/C15H25ClN4O2S/c1-8-3-9(4-12(19-8)11(17)6-20(2)18)15-10(13(22)7-21)5-14(16)23-15/h5-6,8-9,12-13,19,21-22H,3-4,7,17-18H2,1-2H3/b11-6-/t8-,9?,12-,13+/m0/s1. The first-order valence-electron chi connectivity index (χ1n) is 7.60. The average molecular weight is 361 g/mol. The molecule has 1 unspecified atom stereocenters. The van der Waals surface area contributed by atoms with Gasteiger partial charge in [0.1, 0.15) is 6.10 Å². The molecule has 0 aromatic carbocycles. The monoisotopic (exact) mass is 360 g/mol. The quantitative estimate of drug-likeness (QED) is 0.399. The highest BCUT2D eigenvalue weighted by molar-refractivity contribution is 7.16. The van der Waals surface area contributed by atoms with Gasteiger partial charge in [0.25, 0.3) is 0 Å². The SMILES string of the molecule is C[C@H]1CC(c2sc(Cl)cc2[C@H](O)CO)C[C@@H](/C(N)=C/N(C)N)N1. The van der Waals surface area contributed by atoms with Crippen LogP contribution in [0, 0.1) is 0 Å². The molecular formula is C15H25ClN4O2S. The van der Waals surface area contributed by atoms with Crippen molar-refractivity contribution < 1.29 is 10.2 Å². The zero-order chi connectivity index (χ0) is 17.1. The van der Waals surface area contributed by atoms with E-state index in [1.807, 2.05) is 0 Å². The Kier molecular flexibility index (Phi) is 6.30. The average Bonchev–Trinajstić information content (AvgIpc) is 2.87. The van der Waals surface area contributed by atoms with E-state index in [4.69, 9.17) is 23.2 Å². The lowest BCUT2D eigenvalue weighted by atomic mass is 9.84. The number of nitrogens with two attached hydrogens (primary N) is 2. The summed E-state index contributed by atoms with van der Waals surface area (Å²) in [7, 11) is 1.73. The van der Waals surface area contributed by atoms with Gasteiger partial charge in [0.15, 0.2) is 0 Å². The Hall–Kier alpha value is -0.830. The first-order valence-corrected chi connectivity index (χ1v) is 8.80. The Balaban J connectivity index is 2.26. The molecule has 0 radical (unpaired) electrons. The molecule has 0 saturated carbocycles. The van der Waals surface area contributed by atoms with Crippen LogP contribution in [0.15, 0.2) is 18.0 Å². The molecule has 0 amide bonds. The fraction of sp³-hybridized carbons (Fsp3) is 0.600. The van der Waals surface area contributed by atoms with Gasteiger partial charge in [-0.05, 0) is 37.3 Å². The Bertz CT molecular complexity index is 564. The van der Waals surface area contributed by atoms with Crippen molar-refractivity contribution in [3.8, 4) is 0 Å². The van der Waals surface area contributed by atoms with E-state index in [-0.39, 0.29) is 24.6 Å². The minimum atomic E-state index is -0.902. The van der Waals surface area contributed by atoms with Crippen LogP contribution in [0.4, 0.5) is 0 Å². The maximum Gasteiger partial charge on any atom is 0.103 e. The molecule has 130 valence electrons. The van der Waals surface area contributed by atoms with E-state index >= 15 is 0 Å². The van der Waals surface area contributed by atoms with E-state index in [9.17, 15) is 10.2 Å². The summed E-state index contributed by atoms with van der Waals surface area (Å²) in [4.78, 5) is 1.03. The molecule has 0 bridgehead atoms. The van der Waals surface area contributed by atoms with Gasteiger partial charge >= 0.3 is 0 Å². The van der Waals surface area contributed by atoms with E-state index < -0.39 is 6.10 Å². The molecule has 8 heteroatoms. The van der Waals surface area contributed by atoms with Gasteiger partial charge in [0.05, 0.1) is 10.9 Å². The Morgan fingerprint density at radius 3 is 2.91 bits per heavy atom. The molecule has 6 nitrogen and oxygen atoms in total. The second-order valence-corrected chi connectivity index (χ2v) is 7.87. The normalized spacial score (nSPS) is 27.0. The summed E-state index contributed by atoms with van der Waals surface area (Å²) >= 11 is 7.61. The second kappa shape index (κ2) is 7.83. The molecule has 2 heterocycles. The fourth-order valence-electron chi connectivity index (χ4n) is 3.12. The summed E-state index contributed by atoms with van der Waals surface area (Å²) in [5, 5.41) is 24.2. The molecule has 1 aliphatic heterocycles. The van der Waals surface area contributed by atoms with Crippen molar-refractivity contribution in [2.75, 3.05) is 13.7 Å². The molecular weight excluding hydrogens is 336 g/mol. The van der Waals surface area contributed by atoms with Gasteiger partial charge in [-0.15, -0.1) is 11.3 Å². The van der Waals surface area contributed by atoms with Gasteiger partial charge in [0, 0.05) is 35.9 Å². The lowest BCUT2D eigenvalue weighted by Gasteiger charge is -2.35. The summed E-state index contributed by atoms with van der Waals surface area (Å²) in [6, 6.07) is 2.03. The highest BCUT2D eigenvalue weighted by Gasteiger charge is 2.32. The predicted molar refractivity (Wildman–Crippen MR) is 94.0 cm³/mol. The van der Waals surface area contributed by atoms with E-state index in [0.717, 1.165) is 23.3 Å². The summed E-state index contributed by atoms with van der Waals surface area (Å²) < 4.78 is 0.621. The number of hydrogen-bond acceptors (Lipinski definition) is 7. The van der Waals surface area contributed by atoms with Crippen molar-refractivity contribution in [3.63, 3.8) is 0 Å². The highest BCUT2D eigenvalue weighted by Crippen LogP contribution is 2.41. The maximum atomic E-state index is 10.0. The number of nitrogens with one attached hydrogen (secondary N) is 1. The van der Waals surface area contributed by atoms with Crippen LogP contribution in [0.25, 0.3) is 0 Å². The third kappa shape index (κ3) is 4.59. The zero-order valence-electron chi connectivity index (χ0n) is 13.4. The van der Waals surface area contributed by atoms with Crippen molar-refractivity contribution in [3.05, 3.63) is 32.7 Å². The van der Waals surface area contributed by atoms with E-state index in [1.165, 1.54) is 16.3 Å². The molecule has 1 aromatic rings. The Morgan fingerprint density at radius 1 is 1.61 bits per heavy atom. The minimum Gasteiger partial charge on any atom is -0.400 e. The van der Waals surface area contributed by atoms with Crippen molar-refractivity contribution in [2.45, 2.75) is 43.9 Å². The van der Waals surface area contributed by atoms with Gasteiger partial charge in [-0.1, -0.05) is 11.6 Å². The number of hydrazine groups is 1. The largest absolute Gasteiger partial charge is 0.400 e. The Labute approximate surface area is 145 Å². The topological polar surface area (TPSA) is 108 Å². The van der Waals surface area contributed by atoms with Gasteiger partial charge in [0.2, 0.25) is 0 Å². The Morgan fingerprint density at radius 2 is 2.30 bits per heavy atom. The lowest BCUT2D eigenvalue weighted by Crippen LogP contribution is -2.46. The van der Waals surface area contributed by atoms with Crippen LogP contribution in [0.1, 0.15) is 42.2 Å². The number of rotatable bonds is 5. The second-order valence-electron chi connectivity index (χ2n) is 6.15. The molecule has 1 fully saturated rings. The van der Waals surface area contributed by atoms with Gasteiger partial charge in [-0.3, -0.25) is 0 Å². The summed E-state index contributed by atoms with van der Waals surface area (Å²) in [6.45, 7) is 1.79. The third-order valence-corrected chi connectivity index (χ3v) is 5.51. The van der Waals surface area contributed by atoms with Crippen LogP contribution < -0.4 is 16.9 Å². The number of thiophene rings is 1. The number of nitrogens with zero attached hydrogens (tertiary/aromatic N) is 1. The molecule has 1 aromatic heterocycles. The van der Waals surface area contributed by atoms with E-state index in [1.54, 1.807) is 19.3 Å². The number of halogens is 1. The third-order valence-electron chi connectivity index (χ3n) is 4.06. The highest BCUT2D eigenvalue weighted by atomic mass is 35.5. The lowest BCUT2D eigenvalue weighted by molar-refractivity contribution is 0.0947. The van der Waals surface area contributed by atoms with Gasteiger partial charge < -0.3 is 26.3 Å². The predicted octanol–water partition coefficient (Wildman–Crippen LogP) is 1.26. The number of aliphatic hydroxyl groups excluding tert-OH is 2. The molecule has 1 saturated heterocycles. The molecule has 2 rings (SSSR count). The van der Waals surface area contributed by atoms with Crippen molar-refractivity contribution >= 4 is 22.9 Å². The molecule has 7 N–H and O–H groups in total. The van der Waals surface area contributed by atoms with E-state index in [2.05, 4.69) is 12.2 Å². The van der Waals surface area contributed by atoms with Crippen LogP contribution >= 0.6 is 22.9 Å². The van der Waals surface area contributed by atoms with Crippen LogP contribution in [-0.2, 0) is 0 Å². The van der Waals surface area contributed by atoms with Gasteiger partial charge in [-0.25, -0.2) is 5.84 Å². The molecule has 23 heavy (non-hydrogen) atoms. The van der Waals surface area contributed by atoms with Crippen molar-refractivity contribution in [1.82, 2.24) is 10.3 Å². The molecule has 4 atom stereocenters. The van der Waals surface area contributed by atoms with E-state index in [0.29, 0.717) is 10.0 Å². The minimum absolute atomic E-state index is 0.00902. The summed E-state index contributed by atoms with van der Waals surface area (Å²) in [5.41, 5.74) is 7.55. The number of aliphatic hydroxyl groups is 2. The molecule has 0 spiro atoms. The number of hydrogen-bond donors (Lipinski definition) is 5. The van der Waals surface area contributed by atoms with Gasteiger partial charge in [-0.2, -0.15) is 0 Å². The van der Waals surface area contributed by atoms with Crippen LogP contribution in [0.2, 0.25) is 4.34 Å².